The second-order valence-electron chi connectivity index (χ2n) is 3.49. The number of aromatic nitrogens is 2. The average molecular weight is 237 g/mol. The van der Waals surface area contributed by atoms with Crippen molar-refractivity contribution in [2.45, 2.75) is 6.92 Å². The molecular formula is C10H8FN3O3. The molecule has 2 rings (SSSR count). The van der Waals surface area contributed by atoms with Gasteiger partial charge in [0, 0.05) is 11.8 Å². The van der Waals surface area contributed by atoms with Crippen LogP contribution in [-0.4, -0.2) is 14.7 Å². The van der Waals surface area contributed by atoms with Crippen molar-refractivity contribution in [3.05, 3.63) is 56.2 Å². The van der Waals surface area contributed by atoms with Crippen LogP contribution >= 0.6 is 0 Å². The highest BCUT2D eigenvalue weighted by atomic mass is 19.1. The molecule has 0 amide bonds. The molecule has 1 aromatic heterocycles. The summed E-state index contributed by atoms with van der Waals surface area (Å²) >= 11 is 0. The van der Waals surface area contributed by atoms with E-state index in [1.807, 2.05) is 0 Å². The molecule has 88 valence electrons. The van der Waals surface area contributed by atoms with Crippen molar-refractivity contribution >= 4 is 5.69 Å². The number of hydrogen-bond donors (Lipinski definition) is 1. The number of nitrogens with one attached hydrogen (secondary N) is 1. The molecule has 0 bridgehead atoms. The lowest BCUT2D eigenvalue weighted by Gasteiger charge is -2.05. The van der Waals surface area contributed by atoms with E-state index >= 15 is 0 Å². The Bertz CT molecular complexity index is 644. The van der Waals surface area contributed by atoms with Gasteiger partial charge in [0.25, 0.3) is 11.2 Å². The lowest BCUT2D eigenvalue weighted by molar-refractivity contribution is -0.384. The van der Waals surface area contributed by atoms with Gasteiger partial charge in [-0.05, 0) is 19.1 Å². The lowest BCUT2D eigenvalue weighted by Crippen LogP contribution is -2.07. The van der Waals surface area contributed by atoms with E-state index in [1.165, 1.54) is 16.8 Å². The maximum atomic E-state index is 12.9. The van der Waals surface area contributed by atoms with E-state index in [9.17, 15) is 19.3 Å². The van der Waals surface area contributed by atoms with Gasteiger partial charge in [-0.2, -0.15) is 0 Å². The van der Waals surface area contributed by atoms with Crippen LogP contribution < -0.4 is 5.56 Å². The van der Waals surface area contributed by atoms with Crippen LogP contribution in [0.3, 0.4) is 0 Å². The van der Waals surface area contributed by atoms with Gasteiger partial charge in [-0.25, -0.2) is 4.39 Å². The van der Waals surface area contributed by atoms with Crippen LogP contribution in [-0.2, 0) is 0 Å². The van der Waals surface area contributed by atoms with Crippen LogP contribution in [0.15, 0.2) is 29.1 Å². The number of H-pyrrole nitrogens is 1. The summed E-state index contributed by atoms with van der Waals surface area (Å²) in [7, 11) is 0. The number of aryl methyl sites for hydroxylation is 1. The molecule has 0 spiro atoms. The number of nitrogens with zero attached hydrogens (tertiary/aromatic N) is 2. The Balaban J connectivity index is 2.71. The molecule has 0 fully saturated rings. The van der Waals surface area contributed by atoms with Gasteiger partial charge in [-0.15, -0.1) is 0 Å². The topological polar surface area (TPSA) is 80.9 Å². The van der Waals surface area contributed by atoms with Crippen molar-refractivity contribution < 1.29 is 9.31 Å². The Labute approximate surface area is 94.4 Å². The van der Waals surface area contributed by atoms with E-state index in [4.69, 9.17) is 0 Å². The monoisotopic (exact) mass is 237 g/mol. The Morgan fingerprint density at radius 2 is 2.12 bits per heavy atom. The smallest absolute Gasteiger partial charge is 0.268 e. The van der Waals surface area contributed by atoms with Gasteiger partial charge >= 0.3 is 0 Å². The molecule has 0 radical (unpaired) electrons. The zero-order valence-electron chi connectivity index (χ0n) is 8.81. The summed E-state index contributed by atoms with van der Waals surface area (Å²) in [5.74, 6) is -0.701. The number of nitro benzene ring substituents is 1. The number of halogens is 1. The molecule has 0 atom stereocenters. The van der Waals surface area contributed by atoms with Crippen LogP contribution in [0.1, 0.15) is 5.69 Å². The minimum Gasteiger partial charge on any atom is -0.268 e. The Kier molecular flexibility index (Phi) is 2.51. The van der Waals surface area contributed by atoms with Gasteiger partial charge in [-0.1, -0.05) is 0 Å². The van der Waals surface area contributed by atoms with Gasteiger partial charge in [0.1, 0.15) is 11.5 Å². The largest absolute Gasteiger partial charge is 0.297 e. The highest BCUT2D eigenvalue weighted by Crippen LogP contribution is 2.23. The van der Waals surface area contributed by atoms with E-state index in [0.717, 1.165) is 12.1 Å². The molecular weight excluding hydrogens is 229 g/mol. The third-order valence-electron chi connectivity index (χ3n) is 2.29. The molecule has 1 heterocycles. The van der Waals surface area contributed by atoms with E-state index in [-0.39, 0.29) is 11.2 Å². The van der Waals surface area contributed by atoms with Crippen LogP contribution in [0.4, 0.5) is 10.1 Å². The van der Waals surface area contributed by atoms with Gasteiger partial charge in [-0.3, -0.25) is 24.7 Å². The van der Waals surface area contributed by atoms with Crippen molar-refractivity contribution in [2.75, 3.05) is 0 Å². The Morgan fingerprint density at radius 3 is 2.65 bits per heavy atom. The molecule has 1 N–H and O–H groups in total. The quantitative estimate of drug-likeness (QED) is 0.635. The second-order valence-corrected chi connectivity index (χ2v) is 3.49. The van der Waals surface area contributed by atoms with Gasteiger partial charge in [0.05, 0.1) is 11.0 Å². The standard InChI is InChI=1S/C10H8FN3O3/c1-6-4-10(15)12-13(6)8-3-2-7(11)5-9(8)14(16)17/h2-5H,1H3,(H,12,15). The van der Waals surface area contributed by atoms with Crippen LogP contribution in [0.25, 0.3) is 5.69 Å². The minimum absolute atomic E-state index is 0.121. The number of hydrogen-bond acceptors (Lipinski definition) is 3. The SMILES string of the molecule is Cc1cc(=O)[nH]n1-c1ccc(F)cc1[N+](=O)[O-]. The van der Waals surface area contributed by atoms with Gasteiger partial charge in [0.2, 0.25) is 0 Å². The first kappa shape index (κ1) is 11.1. The maximum absolute atomic E-state index is 12.9. The van der Waals surface area contributed by atoms with Crippen molar-refractivity contribution in [1.29, 1.82) is 0 Å². The molecule has 7 heteroatoms. The summed E-state index contributed by atoms with van der Waals surface area (Å²) < 4.78 is 14.2. The average Bonchev–Trinajstić information content (AvgIpc) is 2.57. The zero-order chi connectivity index (χ0) is 12.6. The summed E-state index contributed by atoms with van der Waals surface area (Å²) in [6.07, 6.45) is 0. The molecule has 0 saturated heterocycles. The molecule has 6 nitrogen and oxygen atoms in total. The summed E-state index contributed by atoms with van der Waals surface area (Å²) in [6.45, 7) is 1.62. The molecule has 0 aliphatic carbocycles. The Morgan fingerprint density at radius 1 is 1.41 bits per heavy atom. The van der Waals surface area contributed by atoms with Crippen LogP contribution in [0, 0.1) is 22.9 Å². The van der Waals surface area contributed by atoms with Crippen molar-refractivity contribution in [3.8, 4) is 5.69 Å². The highest BCUT2D eigenvalue weighted by molar-refractivity contribution is 5.52. The normalized spacial score (nSPS) is 10.5. The predicted octanol–water partition coefficient (Wildman–Crippen LogP) is 1.52. The van der Waals surface area contributed by atoms with Crippen LogP contribution in [0.5, 0.6) is 0 Å². The highest BCUT2D eigenvalue weighted by Gasteiger charge is 2.17. The van der Waals surface area contributed by atoms with E-state index in [0.29, 0.717) is 5.69 Å². The fourth-order valence-electron chi connectivity index (χ4n) is 1.57. The number of aromatic amines is 1. The lowest BCUT2D eigenvalue weighted by atomic mass is 10.2. The molecule has 17 heavy (non-hydrogen) atoms. The first-order chi connectivity index (χ1) is 7.99. The first-order valence-corrected chi connectivity index (χ1v) is 4.72. The number of nitro groups is 1. The molecule has 2 aromatic rings. The predicted molar refractivity (Wildman–Crippen MR) is 57.7 cm³/mol. The zero-order valence-corrected chi connectivity index (χ0v) is 8.81. The third kappa shape index (κ3) is 1.94. The molecule has 0 unspecified atom stereocenters. The molecule has 0 aliphatic rings. The summed E-state index contributed by atoms with van der Waals surface area (Å²) in [4.78, 5) is 21.2. The van der Waals surface area contributed by atoms with E-state index < -0.39 is 16.4 Å². The Hall–Kier alpha value is -2.44. The summed E-state index contributed by atoms with van der Waals surface area (Å²) in [5.41, 5.74) is -0.151. The van der Waals surface area contributed by atoms with Gasteiger partial charge < -0.3 is 0 Å². The first-order valence-electron chi connectivity index (χ1n) is 4.72. The number of benzene rings is 1. The molecule has 0 saturated carbocycles. The maximum Gasteiger partial charge on any atom is 0.297 e. The fraction of sp³-hybridized carbons (Fsp3) is 0.100. The third-order valence-corrected chi connectivity index (χ3v) is 2.29. The molecule has 0 aliphatic heterocycles. The van der Waals surface area contributed by atoms with Crippen molar-refractivity contribution in [3.63, 3.8) is 0 Å². The van der Waals surface area contributed by atoms with E-state index in [2.05, 4.69) is 5.10 Å². The van der Waals surface area contributed by atoms with Crippen molar-refractivity contribution in [2.24, 2.45) is 0 Å². The van der Waals surface area contributed by atoms with E-state index in [1.54, 1.807) is 6.92 Å². The summed E-state index contributed by atoms with van der Waals surface area (Å²) in [5, 5.41) is 13.2. The van der Waals surface area contributed by atoms with Crippen LogP contribution in [0.2, 0.25) is 0 Å². The fourth-order valence-corrected chi connectivity index (χ4v) is 1.57. The molecule has 1 aromatic carbocycles. The second kappa shape index (κ2) is 3.85. The van der Waals surface area contributed by atoms with Crippen molar-refractivity contribution in [1.82, 2.24) is 9.78 Å². The number of rotatable bonds is 2. The summed E-state index contributed by atoms with van der Waals surface area (Å²) in [6, 6.07) is 4.46. The minimum atomic E-state index is -0.701. The van der Waals surface area contributed by atoms with Gasteiger partial charge in [0.15, 0.2) is 0 Å².